The van der Waals surface area contributed by atoms with Crippen LogP contribution in [0.5, 0.6) is 0 Å². The highest BCUT2D eigenvalue weighted by Crippen LogP contribution is 2.12. The molecule has 0 aliphatic heterocycles. The van der Waals surface area contributed by atoms with Crippen molar-refractivity contribution in [3.63, 3.8) is 0 Å². The second-order valence-corrected chi connectivity index (χ2v) is 7.42. The van der Waals surface area contributed by atoms with Crippen LogP contribution in [0.1, 0.15) is 89.5 Å². The van der Waals surface area contributed by atoms with Crippen LogP contribution in [0.4, 0.5) is 0 Å². The summed E-state index contributed by atoms with van der Waals surface area (Å²) in [6.07, 6.45) is 16.5. The van der Waals surface area contributed by atoms with Crippen LogP contribution in [0.25, 0.3) is 0 Å². The molecule has 0 spiro atoms. The molecule has 3 nitrogen and oxygen atoms in total. The normalized spacial score (nSPS) is 12.2. The molecule has 0 saturated heterocycles. The summed E-state index contributed by atoms with van der Waals surface area (Å²) in [6.45, 7) is 3.06. The third-order valence-corrected chi connectivity index (χ3v) is 5.00. The molecular weight excluding hydrogens is 322 g/mol. The van der Waals surface area contributed by atoms with Crippen LogP contribution in [0.3, 0.4) is 0 Å². The molecule has 26 heavy (non-hydrogen) atoms. The minimum atomic E-state index is -0.757. The third kappa shape index (κ3) is 12.1. The SMILES string of the molecule is CCCCCCCCCCCCCCN[C@@H](Cc1ccccc1)C(=O)O. The highest BCUT2D eigenvalue weighted by molar-refractivity contribution is 5.73. The number of rotatable bonds is 17. The first-order valence-corrected chi connectivity index (χ1v) is 10.7. The molecule has 1 rings (SSSR count). The Morgan fingerprint density at radius 2 is 1.35 bits per heavy atom. The van der Waals surface area contributed by atoms with Crippen molar-refractivity contribution in [3.8, 4) is 0 Å². The molecule has 2 N–H and O–H groups in total. The van der Waals surface area contributed by atoms with Gasteiger partial charge in [-0.2, -0.15) is 0 Å². The van der Waals surface area contributed by atoms with E-state index in [2.05, 4.69) is 12.2 Å². The molecule has 0 unspecified atom stereocenters. The van der Waals surface area contributed by atoms with Crippen LogP contribution in [0.2, 0.25) is 0 Å². The summed E-state index contributed by atoms with van der Waals surface area (Å²) < 4.78 is 0. The van der Waals surface area contributed by atoms with Crippen molar-refractivity contribution >= 4 is 5.97 Å². The summed E-state index contributed by atoms with van der Waals surface area (Å²) in [5.74, 6) is -0.757. The molecule has 148 valence electrons. The van der Waals surface area contributed by atoms with E-state index in [0.717, 1.165) is 18.5 Å². The Kier molecular flexibility index (Phi) is 13.8. The van der Waals surface area contributed by atoms with Crippen LogP contribution in [-0.2, 0) is 11.2 Å². The highest BCUT2D eigenvalue weighted by Gasteiger charge is 2.16. The zero-order chi connectivity index (χ0) is 18.9. The second-order valence-electron chi connectivity index (χ2n) is 7.42. The molecule has 0 amide bonds. The minimum absolute atomic E-state index is 0.481. The van der Waals surface area contributed by atoms with Gasteiger partial charge in [0.25, 0.3) is 0 Å². The number of nitrogens with one attached hydrogen (secondary N) is 1. The van der Waals surface area contributed by atoms with E-state index in [0.29, 0.717) is 6.42 Å². The van der Waals surface area contributed by atoms with Crippen molar-refractivity contribution in [2.45, 2.75) is 96.4 Å². The van der Waals surface area contributed by atoms with E-state index in [1.807, 2.05) is 30.3 Å². The first kappa shape index (κ1) is 22.7. The summed E-state index contributed by atoms with van der Waals surface area (Å²) >= 11 is 0. The van der Waals surface area contributed by atoms with E-state index in [4.69, 9.17) is 0 Å². The summed E-state index contributed by atoms with van der Waals surface area (Å²) in [7, 11) is 0. The van der Waals surface area contributed by atoms with Crippen molar-refractivity contribution in [2.75, 3.05) is 6.54 Å². The lowest BCUT2D eigenvalue weighted by Crippen LogP contribution is -2.39. The standard InChI is InChI=1S/C23H39NO2/c1-2-3-4-5-6-7-8-9-10-11-12-16-19-24-22(23(25)26)20-21-17-14-13-15-18-21/h13-15,17-18,22,24H,2-12,16,19-20H2,1H3,(H,25,26)/t22-/m0/s1. The molecule has 3 heteroatoms. The molecule has 0 bridgehead atoms. The highest BCUT2D eigenvalue weighted by atomic mass is 16.4. The zero-order valence-electron chi connectivity index (χ0n) is 16.7. The average Bonchev–Trinajstić information content (AvgIpc) is 2.65. The maximum absolute atomic E-state index is 11.4. The zero-order valence-corrected chi connectivity index (χ0v) is 16.7. The number of benzene rings is 1. The van der Waals surface area contributed by atoms with Crippen molar-refractivity contribution in [1.82, 2.24) is 5.32 Å². The lowest BCUT2D eigenvalue weighted by Gasteiger charge is -2.14. The molecule has 0 aromatic heterocycles. The van der Waals surface area contributed by atoms with E-state index < -0.39 is 12.0 Å². The third-order valence-electron chi connectivity index (χ3n) is 5.00. The number of carbonyl (C=O) groups is 1. The van der Waals surface area contributed by atoms with E-state index in [9.17, 15) is 9.90 Å². The monoisotopic (exact) mass is 361 g/mol. The second kappa shape index (κ2) is 15.9. The van der Waals surface area contributed by atoms with Crippen LogP contribution in [0.15, 0.2) is 30.3 Å². The summed E-state index contributed by atoms with van der Waals surface area (Å²) in [6, 6.07) is 9.37. The lowest BCUT2D eigenvalue weighted by atomic mass is 10.0. The van der Waals surface area contributed by atoms with Crippen LogP contribution in [0, 0.1) is 0 Å². The fourth-order valence-electron chi connectivity index (χ4n) is 3.34. The van der Waals surface area contributed by atoms with Gasteiger partial charge in [-0.15, -0.1) is 0 Å². The minimum Gasteiger partial charge on any atom is -0.480 e. The first-order chi connectivity index (χ1) is 12.7. The lowest BCUT2D eigenvalue weighted by molar-refractivity contribution is -0.139. The molecule has 1 aromatic rings. The Morgan fingerprint density at radius 3 is 1.85 bits per heavy atom. The van der Waals surface area contributed by atoms with Gasteiger partial charge >= 0.3 is 5.97 Å². The Bertz CT molecular complexity index is 447. The molecule has 0 saturated carbocycles. The Balaban J connectivity index is 1.96. The predicted octanol–water partition coefficient (Wildman–Crippen LogP) is 5.97. The van der Waals surface area contributed by atoms with Gasteiger partial charge in [0.1, 0.15) is 6.04 Å². The Labute approximate surface area is 160 Å². The van der Waals surface area contributed by atoms with Crippen LogP contribution in [-0.4, -0.2) is 23.7 Å². The van der Waals surface area contributed by atoms with Gasteiger partial charge in [-0.05, 0) is 24.9 Å². The van der Waals surface area contributed by atoms with E-state index in [-0.39, 0.29) is 0 Å². The van der Waals surface area contributed by atoms with Gasteiger partial charge < -0.3 is 10.4 Å². The predicted molar refractivity (Wildman–Crippen MR) is 111 cm³/mol. The van der Waals surface area contributed by atoms with Crippen molar-refractivity contribution in [1.29, 1.82) is 0 Å². The summed E-state index contributed by atoms with van der Waals surface area (Å²) in [5, 5.41) is 12.6. The summed E-state index contributed by atoms with van der Waals surface area (Å²) in [4.78, 5) is 11.4. The maximum Gasteiger partial charge on any atom is 0.321 e. The van der Waals surface area contributed by atoms with Gasteiger partial charge in [-0.1, -0.05) is 108 Å². The number of carboxylic acid groups (broad SMARTS) is 1. The van der Waals surface area contributed by atoms with Crippen molar-refractivity contribution in [2.24, 2.45) is 0 Å². The molecule has 0 aliphatic rings. The van der Waals surface area contributed by atoms with Gasteiger partial charge in [0, 0.05) is 0 Å². The smallest absolute Gasteiger partial charge is 0.321 e. The van der Waals surface area contributed by atoms with Crippen LogP contribution >= 0.6 is 0 Å². The summed E-state index contributed by atoms with van der Waals surface area (Å²) in [5.41, 5.74) is 1.07. The van der Waals surface area contributed by atoms with Gasteiger partial charge in [-0.3, -0.25) is 4.79 Å². The molecule has 1 aromatic carbocycles. The van der Waals surface area contributed by atoms with E-state index >= 15 is 0 Å². The molecule has 0 heterocycles. The van der Waals surface area contributed by atoms with Gasteiger partial charge in [0.05, 0.1) is 0 Å². The van der Waals surface area contributed by atoms with Gasteiger partial charge in [0.2, 0.25) is 0 Å². The number of aliphatic carboxylic acids is 1. The molecular formula is C23H39NO2. The Morgan fingerprint density at radius 1 is 0.846 bits per heavy atom. The number of carboxylic acids is 1. The van der Waals surface area contributed by atoms with Crippen molar-refractivity contribution in [3.05, 3.63) is 35.9 Å². The van der Waals surface area contributed by atoms with Crippen LogP contribution < -0.4 is 5.32 Å². The Hall–Kier alpha value is -1.35. The fourth-order valence-corrected chi connectivity index (χ4v) is 3.34. The number of hydrogen-bond acceptors (Lipinski definition) is 2. The molecule has 0 aliphatic carbocycles. The van der Waals surface area contributed by atoms with E-state index in [1.54, 1.807) is 0 Å². The topological polar surface area (TPSA) is 49.3 Å². The molecule has 0 fully saturated rings. The van der Waals surface area contributed by atoms with E-state index in [1.165, 1.54) is 70.6 Å². The van der Waals surface area contributed by atoms with Crippen molar-refractivity contribution < 1.29 is 9.90 Å². The molecule has 1 atom stereocenters. The number of hydrogen-bond donors (Lipinski definition) is 2. The van der Waals surface area contributed by atoms with Gasteiger partial charge in [0.15, 0.2) is 0 Å². The number of unbranched alkanes of at least 4 members (excludes halogenated alkanes) is 11. The average molecular weight is 362 g/mol. The largest absolute Gasteiger partial charge is 0.480 e. The molecule has 0 radical (unpaired) electrons. The maximum atomic E-state index is 11.4. The fraction of sp³-hybridized carbons (Fsp3) is 0.696. The van der Waals surface area contributed by atoms with Gasteiger partial charge in [-0.25, -0.2) is 0 Å². The quantitative estimate of drug-likeness (QED) is 0.336. The first-order valence-electron chi connectivity index (χ1n) is 10.7.